The molecule has 0 spiro atoms. The van der Waals surface area contributed by atoms with Crippen molar-refractivity contribution in [2.24, 2.45) is 0 Å². The predicted molar refractivity (Wildman–Crippen MR) is 85.5 cm³/mol. The molecule has 108 valence electrons. The minimum atomic E-state index is 0.370. The molecule has 2 bridgehead atoms. The highest BCUT2D eigenvalue weighted by Gasteiger charge is 2.34. The summed E-state index contributed by atoms with van der Waals surface area (Å²) < 4.78 is 6.26. The number of ether oxygens (including phenoxy) is 1. The number of hydrogen-bond acceptors (Lipinski definition) is 2. The van der Waals surface area contributed by atoms with E-state index in [2.05, 4.69) is 59.9 Å². The van der Waals surface area contributed by atoms with Gasteiger partial charge in [0.05, 0.1) is 0 Å². The van der Waals surface area contributed by atoms with E-state index in [0.717, 1.165) is 18.6 Å². The summed E-state index contributed by atoms with van der Waals surface area (Å²) in [4.78, 5) is 0. The first kappa shape index (κ1) is 12.9. The molecule has 0 aromatic heterocycles. The van der Waals surface area contributed by atoms with Crippen molar-refractivity contribution >= 4 is 0 Å². The van der Waals surface area contributed by atoms with E-state index in [4.69, 9.17) is 4.74 Å². The van der Waals surface area contributed by atoms with E-state index in [0.29, 0.717) is 18.2 Å². The zero-order valence-electron chi connectivity index (χ0n) is 12.2. The van der Waals surface area contributed by atoms with Crippen molar-refractivity contribution in [2.75, 3.05) is 0 Å². The Morgan fingerprint density at radius 1 is 0.810 bits per heavy atom. The Morgan fingerprint density at radius 3 is 2.29 bits per heavy atom. The van der Waals surface area contributed by atoms with Gasteiger partial charge in [0, 0.05) is 12.1 Å². The van der Waals surface area contributed by atoms with Crippen molar-refractivity contribution in [1.29, 1.82) is 0 Å². The van der Waals surface area contributed by atoms with Gasteiger partial charge in [0.25, 0.3) is 0 Å². The third kappa shape index (κ3) is 2.81. The van der Waals surface area contributed by atoms with E-state index >= 15 is 0 Å². The Hall–Kier alpha value is -1.80. The maximum Gasteiger partial charge on any atom is 0.120 e. The quantitative estimate of drug-likeness (QED) is 0.916. The van der Waals surface area contributed by atoms with E-state index in [1.807, 2.05) is 0 Å². The average molecular weight is 279 g/mol. The van der Waals surface area contributed by atoms with Crippen LogP contribution in [0, 0.1) is 0 Å². The summed E-state index contributed by atoms with van der Waals surface area (Å²) in [6.07, 6.45) is 5.29. The molecule has 1 N–H and O–H groups in total. The summed E-state index contributed by atoms with van der Waals surface area (Å²) >= 11 is 0. The predicted octanol–water partition coefficient (Wildman–Crippen LogP) is 4.02. The first-order chi connectivity index (χ1) is 10.4. The smallest absolute Gasteiger partial charge is 0.120 e. The van der Waals surface area contributed by atoms with Crippen LogP contribution >= 0.6 is 0 Å². The Balaban J connectivity index is 1.51. The Morgan fingerprint density at radius 2 is 1.52 bits per heavy atom. The SMILES string of the molecule is c1ccc(-c2cccc(OC3CC4CCC(C3)N4)c2)cc1. The van der Waals surface area contributed by atoms with Gasteiger partial charge in [-0.15, -0.1) is 0 Å². The average Bonchev–Trinajstić information content (AvgIpc) is 2.87. The van der Waals surface area contributed by atoms with Crippen LogP contribution in [0.2, 0.25) is 0 Å². The molecule has 2 saturated heterocycles. The third-order valence-electron chi connectivity index (χ3n) is 4.67. The van der Waals surface area contributed by atoms with Gasteiger partial charge in [-0.3, -0.25) is 0 Å². The fourth-order valence-corrected chi connectivity index (χ4v) is 3.67. The second-order valence-corrected chi connectivity index (χ2v) is 6.24. The number of hydrogen-bond donors (Lipinski definition) is 1. The minimum absolute atomic E-state index is 0.370. The summed E-state index contributed by atoms with van der Waals surface area (Å²) in [5.41, 5.74) is 2.47. The number of fused-ring (bicyclic) bond motifs is 2. The molecule has 2 atom stereocenters. The summed E-state index contributed by atoms with van der Waals surface area (Å²) in [6.45, 7) is 0. The number of nitrogens with one attached hydrogen (secondary N) is 1. The van der Waals surface area contributed by atoms with Crippen LogP contribution in [0.1, 0.15) is 25.7 Å². The Labute approximate surface area is 126 Å². The van der Waals surface area contributed by atoms with Crippen molar-refractivity contribution in [3.8, 4) is 16.9 Å². The van der Waals surface area contributed by atoms with Gasteiger partial charge >= 0.3 is 0 Å². The van der Waals surface area contributed by atoms with Gasteiger partial charge in [-0.2, -0.15) is 0 Å². The van der Waals surface area contributed by atoms with Gasteiger partial charge < -0.3 is 10.1 Å². The summed E-state index contributed by atoms with van der Waals surface area (Å²) in [5, 5.41) is 3.66. The number of rotatable bonds is 3. The number of benzene rings is 2. The van der Waals surface area contributed by atoms with Gasteiger partial charge in [-0.25, -0.2) is 0 Å². The molecule has 0 radical (unpaired) electrons. The van der Waals surface area contributed by atoms with Crippen molar-refractivity contribution in [2.45, 2.75) is 43.9 Å². The molecular formula is C19H21NO. The molecule has 2 aromatic rings. The molecule has 2 fully saturated rings. The van der Waals surface area contributed by atoms with Crippen LogP contribution in [0.4, 0.5) is 0 Å². The van der Waals surface area contributed by atoms with E-state index in [9.17, 15) is 0 Å². The second-order valence-electron chi connectivity index (χ2n) is 6.24. The normalized spacial score (nSPS) is 27.5. The summed E-state index contributed by atoms with van der Waals surface area (Å²) in [5.74, 6) is 1.00. The Bertz CT molecular complexity index is 598. The van der Waals surface area contributed by atoms with Crippen molar-refractivity contribution in [1.82, 2.24) is 5.32 Å². The topological polar surface area (TPSA) is 21.3 Å². The fraction of sp³-hybridized carbons (Fsp3) is 0.368. The molecule has 0 amide bonds. The van der Waals surface area contributed by atoms with E-state index < -0.39 is 0 Å². The first-order valence-electron chi connectivity index (χ1n) is 7.95. The van der Waals surface area contributed by atoms with Gasteiger partial charge in [0.2, 0.25) is 0 Å². The molecule has 2 aliphatic heterocycles. The van der Waals surface area contributed by atoms with Crippen LogP contribution in [-0.4, -0.2) is 18.2 Å². The van der Waals surface area contributed by atoms with Crippen LogP contribution in [0.3, 0.4) is 0 Å². The molecule has 2 nitrogen and oxygen atoms in total. The van der Waals surface area contributed by atoms with Crippen molar-refractivity contribution < 1.29 is 4.74 Å². The summed E-state index contributed by atoms with van der Waals surface area (Å²) in [6, 6.07) is 20.3. The van der Waals surface area contributed by atoms with Crippen LogP contribution in [0.5, 0.6) is 5.75 Å². The highest BCUT2D eigenvalue weighted by atomic mass is 16.5. The van der Waals surface area contributed by atoms with Gasteiger partial charge in [0.1, 0.15) is 11.9 Å². The van der Waals surface area contributed by atoms with Crippen LogP contribution < -0.4 is 10.1 Å². The standard InChI is InChI=1S/C19H21NO/c1-2-5-14(6-3-1)15-7-4-8-18(11-15)21-19-12-16-9-10-17(13-19)20-16/h1-8,11,16-17,19-20H,9-10,12-13H2. The number of piperidine rings is 1. The lowest BCUT2D eigenvalue weighted by atomic mass is 10.0. The van der Waals surface area contributed by atoms with E-state index in [1.54, 1.807) is 0 Å². The molecule has 2 aromatic carbocycles. The molecule has 2 heteroatoms. The highest BCUT2D eigenvalue weighted by Crippen LogP contribution is 2.31. The van der Waals surface area contributed by atoms with Gasteiger partial charge in [-0.05, 0) is 48.9 Å². The van der Waals surface area contributed by atoms with Gasteiger partial charge in [0.15, 0.2) is 0 Å². The maximum atomic E-state index is 6.26. The Kier molecular flexibility index (Phi) is 3.40. The molecule has 4 rings (SSSR count). The molecule has 21 heavy (non-hydrogen) atoms. The zero-order chi connectivity index (χ0) is 14.1. The lowest BCUT2D eigenvalue weighted by Crippen LogP contribution is -2.42. The molecular weight excluding hydrogens is 258 g/mol. The van der Waals surface area contributed by atoms with Crippen molar-refractivity contribution in [3.63, 3.8) is 0 Å². The monoisotopic (exact) mass is 279 g/mol. The van der Waals surface area contributed by atoms with Crippen molar-refractivity contribution in [3.05, 3.63) is 54.6 Å². The van der Waals surface area contributed by atoms with Crippen LogP contribution in [0.15, 0.2) is 54.6 Å². The highest BCUT2D eigenvalue weighted by molar-refractivity contribution is 5.64. The molecule has 2 heterocycles. The zero-order valence-corrected chi connectivity index (χ0v) is 12.2. The largest absolute Gasteiger partial charge is 0.490 e. The lowest BCUT2D eigenvalue weighted by Gasteiger charge is -2.29. The second kappa shape index (κ2) is 5.53. The lowest BCUT2D eigenvalue weighted by molar-refractivity contribution is 0.137. The van der Waals surface area contributed by atoms with E-state index in [1.165, 1.54) is 24.0 Å². The summed E-state index contributed by atoms with van der Waals surface area (Å²) in [7, 11) is 0. The van der Waals surface area contributed by atoms with E-state index in [-0.39, 0.29) is 0 Å². The van der Waals surface area contributed by atoms with Crippen LogP contribution in [-0.2, 0) is 0 Å². The van der Waals surface area contributed by atoms with Gasteiger partial charge in [-0.1, -0.05) is 42.5 Å². The van der Waals surface area contributed by atoms with Crippen LogP contribution in [0.25, 0.3) is 11.1 Å². The third-order valence-corrected chi connectivity index (χ3v) is 4.67. The molecule has 0 aliphatic carbocycles. The maximum absolute atomic E-state index is 6.26. The fourth-order valence-electron chi connectivity index (χ4n) is 3.67. The first-order valence-corrected chi connectivity index (χ1v) is 7.95. The molecule has 2 aliphatic rings. The molecule has 0 saturated carbocycles. The molecule has 2 unspecified atom stereocenters. The minimum Gasteiger partial charge on any atom is -0.490 e.